The van der Waals surface area contributed by atoms with E-state index in [-0.39, 0.29) is 17.1 Å². The van der Waals surface area contributed by atoms with Gasteiger partial charge in [0.25, 0.3) is 10.0 Å². The molecule has 1 aromatic heterocycles. The smallest absolute Gasteiger partial charge is 0.260 e. The zero-order valence-corrected chi connectivity index (χ0v) is 15.1. The second-order valence-corrected chi connectivity index (χ2v) is 10.6. The lowest BCUT2D eigenvalue weighted by atomic mass is 10.1. The minimum atomic E-state index is -3.67. The third-order valence-electron chi connectivity index (χ3n) is 5.16. The first-order chi connectivity index (χ1) is 11.9. The van der Waals surface area contributed by atoms with Crippen LogP contribution in [0.3, 0.4) is 0 Å². The largest absolute Gasteiger partial charge is 0.335 e. The van der Waals surface area contributed by atoms with E-state index in [0.29, 0.717) is 30.6 Å². The molecule has 0 spiro atoms. The molecule has 7 nitrogen and oxygen atoms in total. The molecule has 2 aliphatic heterocycles. The van der Waals surface area contributed by atoms with Crippen LogP contribution in [0.1, 0.15) is 25.7 Å². The molecular weight excluding hydrogens is 362 g/mol. The van der Waals surface area contributed by atoms with Gasteiger partial charge in [0.1, 0.15) is 0 Å². The van der Waals surface area contributed by atoms with Crippen molar-refractivity contribution < 1.29 is 16.8 Å². The molecule has 0 amide bonds. The first-order valence-electron chi connectivity index (χ1n) is 8.21. The molecule has 134 valence electrons. The Morgan fingerprint density at radius 1 is 1.00 bits per heavy atom. The van der Waals surface area contributed by atoms with Gasteiger partial charge in [-0.2, -0.15) is 4.31 Å². The Hall–Kier alpha value is -1.71. The molecule has 2 aromatic rings. The molecule has 1 aromatic carbocycles. The molecule has 3 heterocycles. The van der Waals surface area contributed by atoms with Crippen LogP contribution in [-0.4, -0.2) is 48.4 Å². The third kappa shape index (κ3) is 2.70. The van der Waals surface area contributed by atoms with Crippen LogP contribution < -0.4 is 0 Å². The van der Waals surface area contributed by atoms with Gasteiger partial charge in [-0.25, -0.2) is 21.8 Å². The molecule has 0 radical (unpaired) electrons. The molecule has 9 heteroatoms. The summed E-state index contributed by atoms with van der Waals surface area (Å²) in [6.45, 7) is 0. The molecule has 2 fully saturated rings. The summed E-state index contributed by atoms with van der Waals surface area (Å²) in [4.78, 5) is 6.75. The minimum Gasteiger partial charge on any atom is -0.335 e. The van der Waals surface area contributed by atoms with Gasteiger partial charge in [0.2, 0.25) is 0 Å². The lowest BCUT2D eigenvalue weighted by Crippen LogP contribution is -2.49. The quantitative estimate of drug-likeness (QED) is 0.866. The van der Waals surface area contributed by atoms with Crippen molar-refractivity contribution in [3.63, 3.8) is 0 Å². The van der Waals surface area contributed by atoms with E-state index in [0.717, 1.165) is 0 Å². The number of aromatic nitrogens is 2. The predicted molar refractivity (Wildman–Crippen MR) is 91.1 cm³/mol. The highest BCUT2D eigenvalue weighted by molar-refractivity contribution is 7.92. The number of fused-ring (bicyclic) bond motifs is 2. The van der Waals surface area contributed by atoms with E-state index in [9.17, 15) is 16.8 Å². The number of hydrogen-bond acceptors (Lipinski definition) is 5. The van der Waals surface area contributed by atoms with E-state index in [1.54, 1.807) is 30.3 Å². The van der Waals surface area contributed by atoms with Crippen LogP contribution >= 0.6 is 0 Å². The Morgan fingerprint density at radius 2 is 1.64 bits per heavy atom. The number of piperidine rings is 1. The molecular formula is C16H19N3O4S2. The van der Waals surface area contributed by atoms with Gasteiger partial charge in [-0.3, -0.25) is 0 Å². The highest BCUT2D eigenvalue weighted by Crippen LogP contribution is 2.42. The summed E-state index contributed by atoms with van der Waals surface area (Å²) in [6, 6.07) is 7.84. The van der Waals surface area contributed by atoms with Gasteiger partial charge in [0.15, 0.2) is 14.9 Å². The highest BCUT2D eigenvalue weighted by atomic mass is 32.2. The Balaban J connectivity index is 1.63. The Bertz CT molecular complexity index is 942. The topological polar surface area (TPSA) is 100 Å². The van der Waals surface area contributed by atoms with Crippen molar-refractivity contribution in [2.45, 2.75) is 52.9 Å². The molecule has 1 N–H and O–H groups in total. The summed E-state index contributed by atoms with van der Waals surface area (Å²) in [6.07, 6.45) is 4.68. The Labute approximate surface area is 147 Å². The van der Waals surface area contributed by atoms with Crippen molar-refractivity contribution >= 4 is 19.9 Å². The molecule has 0 aliphatic carbocycles. The summed E-state index contributed by atoms with van der Waals surface area (Å²) < 4.78 is 53.0. The number of imidazole rings is 1. The van der Waals surface area contributed by atoms with Crippen LogP contribution in [0, 0.1) is 0 Å². The van der Waals surface area contributed by atoms with Crippen LogP contribution in [0.2, 0.25) is 0 Å². The number of aromatic amines is 1. The number of hydrogen-bond donors (Lipinski definition) is 1. The molecule has 2 saturated heterocycles. The Morgan fingerprint density at radius 3 is 2.20 bits per heavy atom. The van der Waals surface area contributed by atoms with E-state index < -0.39 is 25.1 Å². The van der Waals surface area contributed by atoms with Gasteiger partial charge in [0, 0.05) is 12.1 Å². The van der Waals surface area contributed by atoms with Crippen molar-refractivity contribution in [1.82, 2.24) is 14.3 Å². The number of rotatable bonds is 4. The zero-order valence-electron chi connectivity index (χ0n) is 13.4. The summed E-state index contributed by atoms with van der Waals surface area (Å²) >= 11 is 0. The number of sulfone groups is 1. The number of benzene rings is 1. The molecule has 2 aliphatic rings. The molecule has 2 atom stereocenters. The summed E-state index contributed by atoms with van der Waals surface area (Å²) in [5, 5.41) is -0.477. The zero-order chi connectivity index (χ0) is 17.7. The Kier molecular flexibility index (Phi) is 3.97. The van der Waals surface area contributed by atoms with Crippen molar-refractivity contribution in [1.29, 1.82) is 0 Å². The highest BCUT2D eigenvalue weighted by Gasteiger charge is 2.50. The van der Waals surface area contributed by atoms with Crippen LogP contribution in [0.5, 0.6) is 0 Å². The molecule has 0 saturated carbocycles. The second kappa shape index (κ2) is 5.93. The van der Waals surface area contributed by atoms with Crippen LogP contribution in [-0.2, 0) is 19.9 Å². The van der Waals surface area contributed by atoms with E-state index in [1.807, 2.05) is 0 Å². The van der Waals surface area contributed by atoms with Gasteiger partial charge in [-0.15, -0.1) is 0 Å². The summed E-state index contributed by atoms with van der Waals surface area (Å²) in [7, 11) is -7.12. The van der Waals surface area contributed by atoms with E-state index in [4.69, 9.17) is 0 Å². The normalized spacial score (nSPS) is 27.4. The fraction of sp³-hybridized carbons (Fsp3) is 0.438. The van der Waals surface area contributed by atoms with E-state index in [1.165, 1.54) is 16.8 Å². The fourth-order valence-corrected chi connectivity index (χ4v) is 7.69. The maximum absolute atomic E-state index is 12.9. The molecule has 2 bridgehead atoms. The van der Waals surface area contributed by atoms with Crippen LogP contribution in [0.15, 0.2) is 52.8 Å². The van der Waals surface area contributed by atoms with Crippen LogP contribution in [0.4, 0.5) is 0 Å². The van der Waals surface area contributed by atoms with Gasteiger partial charge < -0.3 is 4.98 Å². The van der Waals surface area contributed by atoms with Crippen LogP contribution in [0.25, 0.3) is 0 Å². The standard InChI is InChI=1S/C16H19N3O4S2/c20-24(21,14-4-2-1-3-5-14)15-8-12-6-7-13(9-15)19(12)25(22,23)16-10-17-11-18-16/h1-5,10-13,15H,6-9H2,(H,17,18). The van der Waals surface area contributed by atoms with Crippen molar-refractivity contribution in [3.8, 4) is 0 Å². The van der Waals surface area contributed by atoms with Gasteiger partial charge >= 0.3 is 0 Å². The van der Waals surface area contributed by atoms with Gasteiger partial charge in [-0.1, -0.05) is 18.2 Å². The fourth-order valence-electron chi connectivity index (χ4n) is 4.03. The van der Waals surface area contributed by atoms with E-state index in [2.05, 4.69) is 9.97 Å². The SMILES string of the molecule is O=S(=O)(c1ccccc1)C1CC2CCC(C1)N2S(=O)(=O)c1cnc[nH]1. The van der Waals surface area contributed by atoms with Gasteiger partial charge in [0.05, 0.1) is 22.7 Å². The lowest BCUT2D eigenvalue weighted by molar-refractivity contribution is 0.248. The average Bonchev–Trinajstić information content (AvgIpc) is 3.23. The first-order valence-corrected chi connectivity index (χ1v) is 11.2. The molecule has 25 heavy (non-hydrogen) atoms. The van der Waals surface area contributed by atoms with Crippen molar-refractivity contribution in [2.75, 3.05) is 0 Å². The number of nitrogens with zero attached hydrogens (tertiary/aromatic N) is 2. The number of nitrogens with one attached hydrogen (secondary N) is 1. The lowest BCUT2D eigenvalue weighted by Gasteiger charge is -2.37. The number of H-pyrrole nitrogens is 1. The monoisotopic (exact) mass is 381 g/mol. The maximum atomic E-state index is 12.9. The third-order valence-corrected chi connectivity index (χ3v) is 9.28. The maximum Gasteiger partial charge on any atom is 0.260 e. The average molecular weight is 381 g/mol. The second-order valence-electron chi connectivity index (χ2n) is 6.59. The first kappa shape index (κ1) is 16.7. The van der Waals surface area contributed by atoms with Gasteiger partial charge in [-0.05, 0) is 37.8 Å². The molecule has 2 unspecified atom stereocenters. The summed E-state index contributed by atoms with van der Waals surface area (Å²) in [5.41, 5.74) is 0. The summed E-state index contributed by atoms with van der Waals surface area (Å²) in [5.74, 6) is 0. The van der Waals surface area contributed by atoms with E-state index >= 15 is 0 Å². The number of sulfonamides is 1. The molecule has 4 rings (SSSR count). The van der Waals surface area contributed by atoms with Crippen molar-refractivity contribution in [3.05, 3.63) is 42.9 Å². The van der Waals surface area contributed by atoms with Crippen molar-refractivity contribution in [2.24, 2.45) is 0 Å². The minimum absolute atomic E-state index is 0.0637. The predicted octanol–water partition coefficient (Wildman–Crippen LogP) is 1.57.